The van der Waals surface area contributed by atoms with Crippen LogP contribution in [0.1, 0.15) is 27.3 Å². The fourth-order valence-electron chi connectivity index (χ4n) is 2.17. The Balaban J connectivity index is 2.35. The van der Waals surface area contributed by atoms with Gasteiger partial charge in [-0.2, -0.15) is 0 Å². The molecule has 1 amide bonds. The molecule has 0 spiro atoms. The van der Waals surface area contributed by atoms with Gasteiger partial charge in [0.1, 0.15) is 0 Å². The summed E-state index contributed by atoms with van der Waals surface area (Å²) < 4.78 is 2.16. The van der Waals surface area contributed by atoms with Gasteiger partial charge in [0.05, 0.1) is 5.56 Å². The van der Waals surface area contributed by atoms with E-state index in [0.29, 0.717) is 0 Å². The predicted molar refractivity (Wildman–Crippen MR) is 75.3 cm³/mol. The molecule has 2 heterocycles. The lowest BCUT2D eigenvalue weighted by Gasteiger charge is -2.12. The van der Waals surface area contributed by atoms with Gasteiger partial charge in [-0.3, -0.25) is 9.78 Å². The number of aromatic nitrogens is 2. The largest absolute Gasteiger partial charge is 0.345 e. The average molecular weight is 257 g/mol. The zero-order valence-electron chi connectivity index (χ0n) is 11.8. The number of carbonyl (C=O) groups is 1. The molecule has 2 aromatic rings. The average Bonchev–Trinajstić information content (AvgIpc) is 2.67. The topological polar surface area (TPSA) is 38.1 Å². The second kappa shape index (κ2) is 5.26. The number of carbonyl (C=O) groups excluding carboxylic acids is 1. The van der Waals surface area contributed by atoms with E-state index in [1.54, 1.807) is 31.4 Å². The first-order valence-corrected chi connectivity index (χ1v) is 6.28. The van der Waals surface area contributed by atoms with Crippen molar-refractivity contribution in [1.82, 2.24) is 14.5 Å². The molecule has 2 aromatic heterocycles. The van der Waals surface area contributed by atoms with Crippen LogP contribution in [-0.4, -0.2) is 34.5 Å². The predicted octanol–water partition coefficient (Wildman–Crippen LogP) is 2.25. The van der Waals surface area contributed by atoms with Crippen molar-refractivity contribution < 1.29 is 4.79 Å². The smallest absolute Gasteiger partial charge is 0.255 e. The van der Waals surface area contributed by atoms with Crippen LogP contribution in [0, 0.1) is 13.8 Å². The van der Waals surface area contributed by atoms with Gasteiger partial charge in [-0.15, -0.1) is 0 Å². The van der Waals surface area contributed by atoms with Crippen LogP contribution >= 0.6 is 0 Å². The van der Waals surface area contributed by atoms with E-state index >= 15 is 0 Å². The summed E-state index contributed by atoms with van der Waals surface area (Å²) in [6, 6.07) is 5.94. The van der Waals surface area contributed by atoms with Crippen LogP contribution in [-0.2, 0) is 6.54 Å². The summed E-state index contributed by atoms with van der Waals surface area (Å²) in [5.41, 5.74) is 4.06. The van der Waals surface area contributed by atoms with Gasteiger partial charge >= 0.3 is 0 Å². The minimum Gasteiger partial charge on any atom is -0.345 e. The van der Waals surface area contributed by atoms with Crippen molar-refractivity contribution in [1.29, 1.82) is 0 Å². The molecule has 0 aliphatic carbocycles. The Morgan fingerprint density at radius 3 is 2.47 bits per heavy atom. The Hall–Kier alpha value is -2.10. The summed E-state index contributed by atoms with van der Waals surface area (Å²) in [6.45, 7) is 4.78. The summed E-state index contributed by atoms with van der Waals surface area (Å²) in [4.78, 5) is 17.7. The summed E-state index contributed by atoms with van der Waals surface area (Å²) in [5, 5.41) is 0. The van der Waals surface area contributed by atoms with Gasteiger partial charge in [0.15, 0.2) is 0 Å². The number of rotatable bonds is 3. The number of hydrogen-bond donors (Lipinski definition) is 0. The molecule has 0 fully saturated rings. The van der Waals surface area contributed by atoms with Crippen molar-refractivity contribution in [3.63, 3.8) is 0 Å². The lowest BCUT2D eigenvalue weighted by atomic mass is 10.2. The zero-order chi connectivity index (χ0) is 14.0. The molecule has 0 radical (unpaired) electrons. The van der Waals surface area contributed by atoms with Crippen molar-refractivity contribution in [2.24, 2.45) is 0 Å². The van der Waals surface area contributed by atoms with Gasteiger partial charge in [0.25, 0.3) is 5.91 Å². The number of nitrogens with zero attached hydrogens (tertiary/aromatic N) is 3. The summed E-state index contributed by atoms with van der Waals surface area (Å²) in [5.74, 6) is 0.0501. The standard InChI is InChI=1S/C15H19N3O/c1-11-9-14(15(19)17(3)4)12(2)18(11)10-13-5-7-16-8-6-13/h5-9H,10H2,1-4H3. The lowest BCUT2D eigenvalue weighted by Crippen LogP contribution is -2.22. The molecule has 0 saturated carbocycles. The highest BCUT2D eigenvalue weighted by Gasteiger charge is 2.16. The van der Waals surface area contributed by atoms with Gasteiger partial charge in [0, 0.05) is 44.4 Å². The third-order valence-electron chi connectivity index (χ3n) is 3.30. The van der Waals surface area contributed by atoms with E-state index in [1.165, 1.54) is 5.56 Å². The Morgan fingerprint density at radius 2 is 1.89 bits per heavy atom. The van der Waals surface area contributed by atoms with E-state index < -0.39 is 0 Å². The molecule has 0 saturated heterocycles. The first kappa shape index (κ1) is 13.3. The van der Waals surface area contributed by atoms with Crippen LogP contribution in [0.5, 0.6) is 0 Å². The van der Waals surface area contributed by atoms with Crippen molar-refractivity contribution in [2.75, 3.05) is 14.1 Å². The number of pyridine rings is 1. The number of aryl methyl sites for hydroxylation is 1. The zero-order valence-corrected chi connectivity index (χ0v) is 11.8. The summed E-state index contributed by atoms with van der Waals surface area (Å²) in [7, 11) is 3.55. The fourth-order valence-corrected chi connectivity index (χ4v) is 2.17. The monoisotopic (exact) mass is 257 g/mol. The molecule has 19 heavy (non-hydrogen) atoms. The maximum Gasteiger partial charge on any atom is 0.255 e. The van der Waals surface area contributed by atoms with Crippen molar-refractivity contribution in [3.8, 4) is 0 Å². The van der Waals surface area contributed by atoms with Gasteiger partial charge in [-0.25, -0.2) is 0 Å². The Morgan fingerprint density at radius 1 is 1.26 bits per heavy atom. The molecule has 0 aliphatic heterocycles. The molecular weight excluding hydrogens is 238 g/mol. The number of amides is 1. The molecule has 100 valence electrons. The normalized spacial score (nSPS) is 10.5. The second-order valence-electron chi connectivity index (χ2n) is 4.93. The molecule has 0 atom stereocenters. The minimum absolute atomic E-state index is 0.0501. The van der Waals surface area contributed by atoms with E-state index in [1.807, 2.05) is 32.0 Å². The van der Waals surface area contributed by atoms with E-state index in [0.717, 1.165) is 23.5 Å². The van der Waals surface area contributed by atoms with Crippen LogP contribution in [0.2, 0.25) is 0 Å². The van der Waals surface area contributed by atoms with Gasteiger partial charge < -0.3 is 9.47 Å². The molecule has 0 aliphatic rings. The maximum absolute atomic E-state index is 12.1. The Bertz CT molecular complexity index is 585. The molecule has 4 nitrogen and oxygen atoms in total. The quantitative estimate of drug-likeness (QED) is 0.846. The number of hydrogen-bond acceptors (Lipinski definition) is 2. The van der Waals surface area contributed by atoms with Gasteiger partial charge in [0.2, 0.25) is 0 Å². The first-order chi connectivity index (χ1) is 9.00. The summed E-state index contributed by atoms with van der Waals surface area (Å²) in [6.07, 6.45) is 3.57. The molecule has 2 rings (SSSR count). The molecule has 0 N–H and O–H groups in total. The highest BCUT2D eigenvalue weighted by Crippen LogP contribution is 2.18. The molecular formula is C15H19N3O. The summed E-state index contributed by atoms with van der Waals surface area (Å²) >= 11 is 0. The Labute approximate surface area is 113 Å². The van der Waals surface area contributed by atoms with Crippen LogP contribution < -0.4 is 0 Å². The highest BCUT2D eigenvalue weighted by molar-refractivity contribution is 5.95. The minimum atomic E-state index is 0.0501. The van der Waals surface area contributed by atoms with Crippen LogP contribution in [0.3, 0.4) is 0 Å². The first-order valence-electron chi connectivity index (χ1n) is 6.28. The van der Waals surface area contributed by atoms with E-state index in [-0.39, 0.29) is 5.91 Å². The van der Waals surface area contributed by atoms with Crippen molar-refractivity contribution >= 4 is 5.91 Å². The van der Waals surface area contributed by atoms with Crippen molar-refractivity contribution in [3.05, 3.63) is 53.1 Å². The lowest BCUT2D eigenvalue weighted by molar-refractivity contribution is 0.0827. The third-order valence-corrected chi connectivity index (χ3v) is 3.30. The van der Waals surface area contributed by atoms with E-state index in [9.17, 15) is 4.79 Å². The van der Waals surface area contributed by atoms with Crippen LogP contribution in [0.15, 0.2) is 30.6 Å². The molecule has 0 bridgehead atoms. The molecule has 4 heteroatoms. The highest BCUT2D eigenvalue weighted by atomic mass is 16.2. The third kappa shape index (κ3) is 2.67. The molecule has 0 aromatic carbocycles. The SMILES string of the molecule is Cc1cc(C(=O)N(C)C)c(C)n1Cc1ccncc1. The maximum atomic E-state index is 12.1. The van der Waals surface area contributed by atoms with Crippen LogP contribution in [0.4, 0.5) is 0 Å². The molecule has 0 unspecified atom stereocenters. The van der Waals surface area contributed by atoms with E-state index in [2.05, 4.69) is 9.55 Å². The van der Waals surface area contributed by atoms with E-state index in [4.69, 9.17) is 0 Å². The van der Waals surface area contributed by atoms with Gasteiger partial charge in [-0.1, -0.05) is 0 Å². The van der Waals surface area contributed by atoms with Gasteiger partial charge in [-0.05, 0) is 37.6 Å². The van der Waals surface area contributed by atoms with Crippen LogP contribution in [0.25, 0.3) is 0 Å². The van der Waals surface area contributed by atoms with Crippen molar-refractivity contribution in [2.45, 2.75) is 20.4 Å². The Kier molecular flexibility index (Phi) is 3.69. The fraction of sp³-hybridized carbons (Fsp3) is 0.333. The second-order valence-corrected chi connectivity index (χ2v) is 4.93.